The largest absolute Gasteiger partial charge is 0.378 e. The van der Waals surface area contributed by atoms with Crippen LogP contribution in [0.25, 0.3) is 0 Å². The van der Waals surface area contributed by atoms with Gasteiger partial charge in [-0.1, -0.05) is 17.7 Å². The van der Waals surface area contributed by atoms with Gasteiger partial charge in [0.25, 0.3) is 5.91 Å². The molecule has 6 heteroatoms. The van der Waals surface area contributed by atoms with Crippen LogP contribution in [0.3, 0.4) is 0 Å². The van der Waals surface area contributed by atoms with E-state index in [1.54, 1.807) is 6.07 Å². The van der Waals surface area contributed by atoms with Crippen molar-refractivity contribution in [3.63, 3.8) is 0 Å². The van der Waals surface area contributed by atoms with E-state index in [0.29, 0.717) is 31.9 Å². The fourth-order valence-electron chi connectivity index (χ4n) is 3.55. The maximum absolute atomic E-state index is 13.1. The van der Waals surface area contributed by atoms with Crippen molar-refractivity contribution in [1.82, 2.24) is 15.5 Å². The number of piperidine rings is 1. The summed E-state index contributed by atoms with van der Waals surface area (Å²) in [5, 5.41) is 6.35. The molecule has 1 aromatic rings. The predicted molar refractivity (Wildman–Crippen MR) is 95.4 cm³/mol. The summed E-state index contributed by atoms with van der Waals surface area (Å²) >= 11 is 0. The minimum Gasteiger partial charge on any atom is -0.378 e. The van der Waals surface area contributed by atoms with Gasteiger partial charge in [0.1, 0.15) is 6.04 Å². The average molecular weight is 345 g/mol. The lowest BCUT2D eigenvalue weighted by Gasteiger charge is -2.35. The average Bonchev–Trinajstić information content (AvgIpc) is 2.67. The molecule has 0 saturated carbocycles. The van der Waals surface area contributed by atoms with Crippen LogP contribution in [-0.2, 0) is 9.53 Å². The van der Waals surface area contributed by atoms with Crippen molar-refractivity contribution in [3.05, 3.63) is 35.4 Å². The zero-order valence-electron chi connectivity index (χ0n) is 14.8. The number of benzene rings is 1. The summed E-state index contributed by atoms with van der Waals surface area (Å²) in [4.78, 5) is 27.6. The van der Waals surface area contributed by atoms with E-state index >= 15 is 0 Å². The molecule has 0 aliphatic carbocycles. The predicted octanol–water partition coefficient (Wildman–Crippen LogP) is 0.952. The van der Waals surface area contributed by atoms with Crippen LogP contribution in [0.2, 0.25) is 0 Å². The summed E-state index contributed by atoms with van der Waals surface area (Å²) in [6.45, 7) is 6.06. The lowest BCUT2D eigenvalue weighted by Crippen LogP contribution is -2.56. The lowest BCUT2D eigenvalue weighted by molar-refractivity contribution is -0.139. The van der Waals surface area contributed by atoms with Crippen LogP contribution in [0, 0.1) is 12.8 Å². The Morgan fingerprint density at radius 1 is 1.24 bits per heavy atom. The molecule has 6 nitrogen and oxygen atoms in total. The maximum atomic E-state index is 13.1. The van der Waals surface area contributed by atoms with Gasteiger partial charge in [-0.05, 0) is 50.9 Å². The highest BCUT2D eigenvalue weighted by Crippen LogP contribution is 2.19. The molecule has 2 aliphatic rings. The van der Waals surface area contributed by atoms with Gasteiger partial charge in [0.2, 0.25) is 5.91 Å². The van der Waals surface area contributed by atoms with Gasteiger partial charge in [0.15, 0.2) is 0 Å². The van der Waals surface area contributed by atoms with Crippen molar-refractivity contribution in [2.45, 2.75) is 25.8 Å². The molecule has 2 heterocycles. The first-order valence-corrected chi connectivity index (χ1v) is 9.10. The van der Waals surface area contributed by atoms with Crippen LogP contribution in [0.5, 0.6) is 0 Å². The first-order chi connectivity index (χ1) is 12.1. The number of nitrogens with one attached hydrogen (secondary N) is 2. The molecule has 2 saturated heterocycles. The van der Waals surface area contributed by atoms with Crippen molar-refractivity contribution in [3.8, 4) is 0 Å². The topological polar surface area (TPSA) is 70.7 Å². The van der Waals surface area contributed by atoms with Crippen LogP contribution in [0.15, 0.2) is 24.3 Å². The van der Waals surface area contributed by atoms with E-state index in [1.165, 1.54) is 0 Å². The molecule has 25 heavy (non-hydrogen) atoms. The summed E-state index contributed by atoms with van der Waals surface area (Å²) in [6.07, 6.45) is 1.80. The van der Waals surface area contributed by atoms with Crippen molar-refractivity contribution in [1.29, 1.82) is 0 Å². The Morgan fingerprint density at radius 3 is 2.64 bits per heavy atom. The molecule has 136 valence electrons. The number of hydrogen-bond donors (Lipinski definition) is 2. The van der Waals surface area contributed by atoms with Crippen molar-refractivity contribution in [2.75, 3.05) is 39.4 Å². The van der Waals surface area contributed by atoms with E-state index in [4.69, 9.17) is 4.74 Å². The third kappa shape index (κ3) is 4.58. The van der Waals surface area contributed by atoms with E-state index in [9.17, 15) is 9.59 Å². The number of rotatable bonds is 4. The van der Waals surface area contributed by atoms with Gasteiger partial charge in [-0.25, -0.2) is 0 Å². The standard InChI is InChI=1S/C19H27N3O3/c1-14-3-2-4-16(13-14)18(23)21-17(15-5-7-20-8-6-15)19(24)22-9-11-25-12-10-22/h2-4,13,15,17,20H,5-12H2,1H3,(H,21,23). The molecule has 0 radical (unpaired) electrons. The number of carbonyl (C=O) groups excluding carboxylic acids is 2. The molecule has 3 rings (SSSR count). The minimum atomic E-state index is -0.465. The van der Waals surface area contributed by atoms with Gasteiger partial charge in [0, 0.05) is 18.7 Å². The van der Waals surface area contributed by atoms with Crippen molar-refractivity contribution in [2.24, 2.45) is 5.92 Å². The maximum Gasteiger partial charge on any atom is 0.251 e. The van der Waals surface area contributed by atoms with Crippen molar-refractivity contribution < 1.29 is 14.3 Å². The van der Waals surface area contributed by atoms with Crippen LogP contribution >= 0.6 is 0 Å². The molecule has 1 atom stereocenters. The fourth-order valence-corrected chi connectivity index (χ4v) is 3.55. The number of hydrogen-bond acceptors (Lipinski definition) is 4. The number of carbonyl (C=O) groups is 2. The summed E-state index contributed by atoms with van der Waals surface area (Å²) in [6, 6.07) is 7.01. The summed E-state index contributed by atoms with van der Waals surface area (Å²) in [5.41, 5.74) is 1.64. The summed E-state index contributed by atoms with van der Waals surface area (Å²) < 4.78 is 5.35. The Balaban J connectivity index is 1.75. The SMILES string of the molecule is Cc1cccc(C(=O)NC(C(=O)N2CCOCC2)C2CCNCC2)c1. The van der Waals surface area contributed by atoms with Gasteiger partial charge < -0.3 is 20.3 Å². The second-order valence-electron chi connectivity index (χ2n) is 6.85. The molecule has 0 spiro atoms. The quantitative estimate of drug-likeness (QED) is 0.852. The molecule has 2 N–H and O–H groups in total. The monoisotopic (exact) mass is 345 g/mol. The Hall–Kier alpha value is -1.92. The molecule has 2 fully saturated rings. The zero-order valence-corrected chi connectivity index (χ0v) is 14.8. The number of morpholine rings is 1. The van der Waals surface area contributed by atoms with Crippen LogP contribution in [0.1, 0.15) is 28.8 Å². The molecule has 0 aromatic heterocycles. The molecule has 1 unspecified atom stereocenters. The Kier molecular flexibility index (Phi) is 6.04. The van der Waals surface area contributed by atoms with Gasteiger partial charge in [-0.2, -0.15) is 0 Å². The molecule has 2 amide bonds. The van der Waals surface area contributed by atoms with Crippen molar-refractivity contribution >= 4 is 11.8 Å². The van der Waals surface area contributed by atoms with Crippen LogP contribution in [0.4, 0.5) is 0 Å². The highest BCUT2D eigenvalue weighted by Gasteiger charge is 2.34. The molecule has 0 bridgehead atoms. The number of nitrogens with zero attached hydrogens (tertiary/aromatic N) is 1. The van der Waals surface area contributed by atoms with Gasteiger partial charge in [0.05, 0.1) is 13.2 Å². The smallest absolute Gasteiger partial charge is 0.251 e. The van der Waals surface area contributed by atoms with Crippen LogP contribution < -0.4 is 10.6 Å². The number of amides is 2. The molecular formula is C19H27N3O3. The molecule has 2 aliphatic heterocycles. The second-order valence-corrected chi connectivity index (χ2v) is 6.85. The third-order valence-electron chi connectivity index (χ3n) is 5.01. The van der Waals surface area contributed by atoms with E-state index in [1.807, 2.05) is 30.0 Å². The van der Waals surface area contributed by atoms with Gasteiger partial charge >= 0.3 is 0 Å². The van der Waals surface area contributed by atoms with Crippen LogP contribution in [-0.4, -0.2) is 62.1 Å². The fraction of sp³-hybridized carbons (Fsp3) is 0.579. The number of aryl methyl sites for hydroxylation is 1. The van der Waals surface area contributed by atoms with Gasteiger partial charge in [-0.15, -0.1) is 0 Å². The Labute approximate surface area is 148 Å². The lowest BCUT2D eigenvalue weighted by atomic mass is 9.89. The Bertz CT molecular complexity index is 608. The first kappa shape index (κ1) is 17.9. The Morgan fingerprint density at radius 2 is 1.96 bits per heavy atom. The normalized spacial score (nSPS) is 20.1. The summed E-state index contributed by atoms with van der Waals surface area (Å²) in [7, 11) is 0. The molecule has 1 aromatic carbocycles. The molecular weight excluding hydrogens is 318 g/mol. The minimum absolute atomic E-state index is 0.0243. The second kappa shape index (κ2) is 8.45. The van der Waals surface area contributed by atoms with E-state index in [0.717, 1.165) is 31.5 Å². The number of ether oxygens (including phenoxy) is 1. The van der Waals surface area contributed by atoms with E-state index in [-0.39, 0.29) is 17.7 Å². The van der Waals surface area contributed by atoms with Gasteiger partial charge in [-0.3, -0.25) is 9.59 Å². The highest BCUT2D eigenvalue weighted by atomic mass is 16.5. The van der Waals surface area contributed by atoms with E-state index < -0.39 is 6.04 Å². The van der Waals surface area contributed by atoms with E-state index in [2.05, 4.69) is 10.6 Å². The summed E-state index contributed by atoms with van der Waals surface area (Å²) in [5.74, 6) is 0.0235. The highest BCUT2D eigenvalue weighted by molar-refractivity contribution is 5.97. The first-order valence-electron chi connectivity index (χ1n) is 9.10. The third-order valence-corrected chi connectivity index (χ3v) is 5.01. The zero-order chi connectivity index (χ0) is 17.6.